The van der Waals surface area contributed by atoms with Crippen LogP contribution in [0, 0.1) is 6.92 Å². The van der Waals surface area contributed by atoms with Crippen molar-refractivity contribution in [3.05, 3.63) is 28.3 Å². The Hall–Kier alpha value is -1.87. The van der Waals surface area contributed by atoms with E-state index < -0.39 is 11.9 Å². The molecule has 0 atom stereocenters. The zero-order chi connectivity index (χ0) is 17.5. The molecule has 0 radical (unpaired) electrons. The number of alkyl halides is 3. The van der Waals surface area contributed by atoms with Crippen molar-refractivity contribution in [3.63, 3.8) is 0 Å². The summed E-state index contributed by atoms with van der Waals surface area (Å²) in [4.78, 5) is 15.1. The molecule has 1 amide bonds. The first-order valence-electron chi connectivity index (χ1n) is 7.46. The number of carbonyl (C=O) groups excluding carboxylic acids is 1. The highest BCUT2D eigenvalue weighted by atomic mass is 32.1. The average molecular weight is 359 g/mol. The molecule has 0 unspecified atom stereocenters. The molecule has 130 valence electrons. The first-order chi connectivity index (χ1) is 11.3. The summed E-state index contributed by atoms with van der Waals surface area (Å²) in [6.45, 7) is 2.49. The number of thiophene rings is 1. The maximum absolute atomic E-state index is 12.8. The van der Waals surface area contributed by atoms with Gasteiger partial charge in [0.1, 0.15) is 5.69 Å². The van der Waals surface area contributed by atoms with Crippen LogP contribution in [0.15, 0.2) is 16.7 Å². The van der Waals surface area contributed by atoms with E-state index in [1.165, 1.54) is 6.92 Å². The number of carbonyl (C=O) groups is 1. The van der Waals surface area contributed by atoms with E-state index in [2.05, 4.69) is 9.68 Å². The van der Waals surface area contributed by atoms with Crippen LogP contribution in [0.2, 0.25) is 0 Å². The van der Waals surface area contributed by atoms with Crippen LogP contribution in [0.3, 0.4) is 0 Å². The van der Waals surface area contributed by atoms with Crippen molar-refractivity contribution in [2.75, 3.05) is 13.1 Å². The number of piperidine rings is 1. The van der Waals surface area contributed by atoms with Gasteiger partial charge in [-0.05, 0) is 31.9 Å². The van der Waals surface area contributed by atoms with Gasteiger partial charge < -0.3 is 15.2 Å². The molecule has 0 aromatic carbocycles. The molecule has 1 aliphatic heterocycles. The summed E-state index contributed by atoms with van der Waals surface area (Å²) in [6, 6.07) is 3.32. The molecule has 2 N–H and O–H groups in total. The van der Waals surface area contributed by atoms with E-state index in [1.807, 2.05) is 0 Å². The second-order valence-corrected chi connectivity index (χ2v) is 6.86. The molecular formula is C15H16F3N3O2S. The van der Waals surface area contributed by atoms with Gasteiger partial charge in [0.25, 0.3) is 5.91 Å². The molecule has 0 bridgehead atoms. The Labute approximate surface area is 140 Å². The van der Waals surface area contributed by atoms with Crippen LogP contribution in [0.4, 0.5) is 13.2 Å². The van der Waals surface area contributed by atoms with Crippen LogP contribution < -0.4 is 5.73 Å². The van der Waals surface area contributed by atoms with Crippen molar-refractivity contribution in [2.24, 2.45) is 5.73 Å². The number of nitrogens with two attached hydrogens (primary N) is 1. The van der Waals surface area contributed by atoms with Crippen LogP contribution in [0.1, 0.15) is 33.8 Å². The summed E-state index contributed by atoms with van der Waals surface area (Å²) < 4.78 is 42.8. The third-order valence-electron chi connectivity index (χ3n) is 4.06. The van der Waals surface area contributed by atoms with E-state index in [-0.39, 0.29) is 23.2 Å². The van der Waals surface area contributed by atoms with Gasteiger partial charge in [0.2, 0.25) is 5.76 Å². The van der Waals surface area contributed by atoms with Gasteiger partial charge in [0.15, 0.2) is 0 Å². The zero-order valence-electron chi connectivity index (χ0n) is 12.9. The van der Waals surface area contributed by atoms with Gasteiger partial charge >= 0.3 is 6.18 Å². The smallest absolute Gasteiger partial charge is 0.351 e. The summed E-state index contributed by atoms with van der Waals surface area (Å²) in [5, 5.41) is 3.52. The fourth-order valence-corrected chi connectivity index (χ4v) is 3.68. The lowest BCUT2D eigenvalue weighted by Gasteiger charge is -2.29. The number of likely N-dealkylation sites (tertiary alicyclic amines) is 1. The Balaban J connectivity index is 1.81. The van der Waals surface area contributed by atoms with Crippen molar-refractivity contribution >= 4 is 17.2 Å². The number of hydrogen-bond donors (Lipinski definition) is 1. The standard InChI is InChI=1S/C15H16F3N3O2S/c1-8-12(20-23-13(8)15(16,17)18)10-2-3-11(24-10)14(22)21-6-4-9(19)5-7-21/h2-3,9H,4-7,19H2,1H3. The van der Waals surface area contributed by atoms with Gasteiger partial charge in [0, 0.05) is 24.7 Å². The van der Waals surface area contributed by atoms with Gasteiger partial charge in [-0.2, -0.15) is 13.2 Å². The van der Waals surface area contributed by atoms with E-state index in [0.29, 0.717) is 22.8 Å². The average Bonchev–Trinajstić information content (AvgIpc) is 3.13. The van der Waals surface area contributed by atoms with Gasteiger partial charge in [-0.25, -0.2) is 0 Å². The minimum Gasteiger partial charge on any atom is -0.351 e. The Morgan fingerprint density at radius 2 is 2.04 bits per heavy atom. The summed E-state index contributed by atoms with van der Waals surface area (Å²) in [5.74, 6) is -1.24. The van der Waals surface area contributed by atoms with Gasteiger partial charge in [-0.3, -0.25) is 4.79 Å². The molecule has 24 heavy (non-hydrogen) atoms. The highest BCUT2D eigenvalue weighted by Crippen LogP contribution is 2.38. The third kappa shape index (κ3) is 3.18. The Morgan fingerprint density at radius 3 is 2.62 bits per heavy atom. The fourth-order valence-electron chi connectivity index (χ4n) is 2.67. The minimum atomic E-state index is -4.59. The predicted octanol–water partition coefficient (Wildman–Crippen LogP) is 3.29. The minimum absolute atomic E-state index is 0.0766. The predicted molar refractivity (Wildman–Crippen MR) is 82.7 cm³/mol. The lowest BCUT2D eigenvalue weighted by Crippen LogP contribution is -2.42. The van der Waals surface area contributed by atoms with E-state index in [1.54, 1.807) is 17.0 Å². The first kappa shape index (κ1) is 17.0. The van der Waals surface area contributed by atoms with Gasteiger partial charge in [0.05, 0.1) is 9.75 Å². The van der Waals surface area contributed by atoms with Crippen molar-refractivity contribution < 1.29 is 22.5 Å². The molecule has 2 aromatic rings. The SMILES string of the molecule is Cc1c(-c2ccc(C(=O)N3CCC(N)CC3)s2)noc1C(F)(F)F. The number of amides is 1. The Kier molecular flexibility index (Phi) is 4.39. The maximum atomic E-state index is 12.8. The Bertz CT molecular complexity index is 745. The molecule has 9 heteroatoms. The normalized spacial score (nSPS) is 16.6. The molecule has 5 nitrogen and oxygen atoms in total. The number of rotatable bonds is 2. The summed E-state index contributed by atoms with van der Waals surface area (Å²) in [5.41, 5.74) is 5.87. The summed E-state index contributed by atoms with van der Waals surface area (Å²) in [7, 11) is 0. The summed E-state index contributed by atoms with van der Waals surface area (Å²) >= 11 is 1.11. The van der Waals surface area contributed by atoms with Crippen LogP contribution in [0.25, 0.3) is 10.6 Å². The van der Waals surface area contributed by atoms with Crippen molar-refractivity contribution in [3.8, 4) is 10.6 Å². The largest absolute Gasteiger partial charge is 0.452 e. The molecule has 0 aliphatic carbocycles. The Morgan fingerprint density at radius 1 is 1.38 bits per heavy atom. The lowest BCUT2D eigenvalue weighted by molar-refractivity contribution is -0.156. The number of hydrogen-bond acceptors (Lipinski definition) is 5. The van der Waals surface area contributed by atoms with Crippen LogP contribution in [-0.2, 0) is 6.18 Å². The quantitative estimate of drug-likeness (QED) is 0.893. The highest BCUT2D eigenvalue weighted by Gasteiger charge is 2.39. The zero-order valence-corrected chi connectivity index (χ0v) is 13.7. The van der Waals surface area contributed by atoms with E-state index in [4.69, 9.17) is 5.73 Å². The topological polar surface area (TPSA) is 72.4 Å². The molecule has 1 aliphatic rings. The van der Waals surface area contributed by atoms with Gasteiger partial charge in [-0.1, -0.05) is 5.16 Å². The maximum Gasteiger partial charge on any atom is 0.452 e. The van der Waals surface area contributed by atoms with Crippen molar-refractivity contribution in [2.45, 2.75) is 32.0 Å². The van der Waals surface area contributed by atoms with Crippen LogP contribution >= 0.6 is 11.3 Å². The second kappa shape index (κ2) is 6.21. The van der Waals surface area contributed by atoms with Crippen molar-refractivity contribution in [1.82, 2.24) is 10.1 Å². The van der Waals surface area contributed by atoms with Gasteiger partial charge in [-0.15, -0.1) is 11.3 Å². The van der Waals surface area contributed by atoms with E-state index >= 15 is 0 Å². The van der Waals surface area contributed by atoms with Crippen LogP contribution in [-0.4, -0.2) is 35.1 Å². The van der Waals surface area contributed by atoms with E-state index in [9.17, 15) is 18.0 Å². The van der Waals surface area contributed by atoms with Crippen LogP contribution in [0.5, 0.6) is 0 Å². The molecule has 3 heterocycles. The molecule has 0 spiro atoms. The number of nitrogens with zero attached hydrogens (tertiary/aromatic N) is 2. The lowest BCUT2D eigenvalue weighted by atomic mass is 10.1. The van der Waals surface area contributed by atoms with E-state index in [0.717, 1.165) is 24.2 Å². The molecule has 1 saturated heterocycles. The molecule has 3 rings (SSSR count). The number of halogens is 3. The summed E-state index contributed by atoms with van der Waals surface area (Å²) in [6.07, 6.45) is -3.08. The number of aromatic nitrogens is 1. The second-order valence-electron chi connectivity index (χ2n) is 5.78. The third-order valence-corrected chi connectivity index (χ3v) is 5.14. The monoisotopic (exact) mass is 359 g/mol. The molecule has 2 aromatic heterocycles. The van der Waals surface area contributed by atoms with Crippen molar-refractivity contribution in [1.29, 1.82) is 0 Å². The molecule has 1 fully saturated rings. The first-order valence-corrected chi connectivity index (χ1v) is 8.27. The molecular weight excluding hydrogens is 343 g/mol. The highest BCUT2D eigenvalue weighted by molar-refractivity contribution is 7.17. The molecule has 0 saturated carbocycles. The fraction of sp³-hybridized carbons (Fsp3) is 0.467.